The van der Waals surface area contributed by atoms with Crippen LogP contribution >= 0.6 is 0 Å². The van der Waals surface area contributed by atoms with Gasteiger partial charge in [-0.3, -0.25) is 9.59 Å². The highest BCUT2D eigenvalue weighted by Gasteiger charge is 2.07. The summed E-state index contributed by atoms with van der Waals surface area (Å²) >= 11 is 0. The van der Waals surface area contributed by atoms with Crippen molar-refractivity contribution in [2.45, 2.75) is 110 Å². The zero-order chi connectivity index (χ0) is 21.6. The molecule has 0 aliphatic heterocycles. The smallest absolute Gasteiger partial charge is 0.323 e. The Morgan fingerprint density at radius 1 is 0.724 bits per heavy atom. The molecule has 0 fully saturated rings. The van der Waals surface area contributed by atoms with Crippen molar-refractivity contribution in [1.29, 1.82) is 0 Å². The predicted molar refractivity (Wildman–Crippen MR) is 123 cm³/mol. The Bertz CT molecular complexity index is 457. The molecule has 0 bridgehead atoms. The zero-order valence-electron chi connectivity index (χ0n) is 19.0. The van der Waals surface area contributed by atoms with Gasteiger partial charge >= 0.3 is 5.97 Å². The van der Waals surface area contributed by atoms with E-state index >= 15 is 0 Å². The van der Waals surface area contributed by atoms with Gasteiger partial charge in [0.2, 0.25) is 5.91 Å². The molecule has 0 heterocycles. The van der Waals surface area contributed by atoms with Gasteiger partial charge in [0.1, 0.15) is 6.54 Å². The van der Waals surface area contributed by atoms with E-state index in [0.717, 1.165) is 6.42 Å². The van der Waals surface area contributed by atoms with Gasteiger partial charge in [-0.15, -0.1) is 0 Å². The Balaban J connectivity index is 3.34. The number of rotatable bonds is 20. The van der Waals surface area contributed by atoms with E-state index in [1.54, 1.807) is 6.08 Å². The molecule has 4 nitrogen and oxygen atoms in total. The predicted octanol–water partition coefficient (Wildman–Crippen LogP) is 6.90. The first-order valence-corrected chi connectivity index (χ1v) is 11.9. The first-order chi connectivity index (χ1) is 14.1. The first-order valence-electron chi connectivity index (χ1n) is 11.9. The van der Waals surface area contributed by atoms with Crippen molar-refractivity contribution < 1.29 is 14.7 Å². The van der Waals surface area contributed by atoms with Crippen molar-refractivity contribution in [3.8, 4) is 0 Å². The summed E-state index contributed by atoms with van der Waals surface area (Å²) in [5, 5.41) is 8.64. The maximum absolute atomic E-state index is 11.6. The molecule has 0 rings (SSSR count). The quantitative estimate of drug-likeness (QED) is 0.136. The Kier molecular flexibility index (Phi) is 20.0. The molecular formula is C25H45NO3. The summed E-state index contributed by atoms with van der Waals surface area (Å²) in [5.41, 5.74) is 0. The number of nitrogens with zero attached hydrogens (tertiary/aromatic N) is 1. The van der Waals surface area contributed by atoms with Gasteiger partial charge in [-0.1, -0.05) is 115 Å². The minimum atomic E-state index is -1.00. The van der Waals surface area contributed by atoms with Crippen LogP contribution < -0.4 is 0 Å². The molecule has 0 spiro atoms. The van der Waals surface area contributed by atoms with Crippen molar-refractivity contribution in [2.24, 2.45) is 0 Å². The van der Waals surface area contributed by atoms with E-state index in [-0.39, 0.29) is 12.5 Å². The summed E-state index contributed by atoms with van der Waals surface area (Å²) in [6.45, 7) is 2.00. The minimum Gasteiger partial charge on any atom is -0.480 e. The van der Waals surface area contributed by atoms with E-state index in [2.05, 4.69) is 13.0 Å². The largest absolute Gasteiger partial charge is 0.480 e. The van der Waals surface area contributed by atoms with Crippen molar-refractivity contribution in [2.75, 3.05) is 13.6 Å². The molecule has 168 valence electrons. The molecule has 1 amide bonds. The SMILES string of the molecule is CCCCCCCCCCCCCCCCCC=CC=CC(=O)N(C)CC(=O)O. The molecule has 0 saturated heterocycles. The van der Waals surface area contributed by atoms with Crippen LogP contribution in [0.4, 0.5) is 0 Å². The lowest BCUT2D eigenvalue weighted by Gasteiger charge is -2.10. The van der Waals surface area contributed by atoms with Gasteiger partial charge in [0.25, 0.3) is 0 Å². The van der Waals surface area contributed by atoms with Gasteiger partial charge in [0.15, 0.2) is 0 Å². The van der Waals surface area contributed by atoms with E-state index in [1.165, 1.54) is 114 Å². The molecule has 0 aliphatic rings. The second-order valence-electron chi connectivity index (χ2n) is 8.11. The van der Waals surface area contributed by atoms with Crippen LogP contribution in [-0.2, 0) is 9.59 Å². The number of unbranched alkanes of at least 4 members (excludes halogenated alkanes) is 15. The number of carboxylic acids is 1. The Morgan fingerprint density at radius 3 is 1.62 bits per heavy atom. The first kappa shape index (κ1) is 27.4. The Labute approximate surface area is 179 Å². The van der Waals surface area contributed by atoms with Crippen LogP contribution in [0.15, 0.2) is 24.3 Å². The van der Waals surface area contributed by atoms with Gasteiger partial charge in [0.05, 0.1) is 0 Å². The fourth-order valence-corrected chi connectivity index (χ4v) is 3.35. The van der Waals surface area contributed by atoms with Crippen LogP contribution in [0.25, 0.3) is 0 Å². The molecule has 0 aromatic heterocycles. The van der Waals surface area contributed by atoms with Crippen molar-refractivity contribution in [3.05, 3.63) is 24.3 Å². The van der Waals surface area contributed by atoms with Crippen LogP contribution in [0.3, 0.4) is 0 Å². The fourth-order valence-electron chi connectivity index (χ4n) is 3.35. The highest BCUT2D eigenvalue weighted by molar-refractivity contribution is 5.89. The molecule has 0 aliphatic carbocycles. The number of amides is 1. The van der Waals surface area contributed by atoms with Crippen molar-refractivity contribution in [1.82, 2.24) is 4.90 Å². The second-order valence-corrected chi connectivity index (χ2v) is 8.11. The van der Waals surface area contributed by atoms with Gasteiger partial charge in [-0.25, -0.2) is 0 Å². The number of aliphatic carboxylic acids is 1. The number of carbonyl (C=O) groups excluding carboxylic acids is 1. The maximum atomic E-state index is 11.6. The van der Waals surface area contributed by atoms with Crippen LogP contribution in [0, 0.1) is 0 Å². The number of likely N-dealkylation sites (N-methyl/N-ethyl adjacent to an activating group) is 1. The number of hydrogen-bond acceptors (Lipinski definition) is 2. The van der Waals surface area contributed by atoms with E-state index in [9.17, 15) is 9.59 Å². The van der Waals surface area contributed by atoms with Crippen LogP contribution in [0.1, 0.15) is 110 Å². The molecule has 29 heavy (non-hydrogen) atoms. The average molecular weight is 408 g/mol. The molecule has 0 radical (unpaired) electrons. The molecule has 0 aromatic carbocycles. The zero-order valence-corrected chi connectivity index (χ0v) is 19.0. The average Bonchev–Trinajstić information content (AvgIpc) is 2.69. The van der Waals surface area contributed by atoms with Crippen molar-refractivity contribution in [3.63, 3.8) is 0 Å². The molecule has 0 aromatic rings. The Morgan fingerprint density at radius 2 is 1.17 bits per heavy atom. The van der Waals surface area contributed by atoms with Crippen molar-refractivity contribution >= 4 is 11.9 Å². The summed E-state index contributed by atoms with van der Waals surface area (Å²) < 4.78 is 0. The van der Waals surface area contributed by atoms with Gasteiger partial charge in [0, 0.05) is 13.1 Å². The summed E-state index contributed by atoms with van der Waals surface area (Å²) in [6.07, 6.45) is 28.7. The van der Waals surface area contributed by atoms with Gasteiger partial charge < -0.3 is 10.0 Å². The molecular weight excluding hydrogens is 362 g/mol. The molecule has 1 N–H and O–H groups in total. The lowest BCUT2D eigenvalue weighted by atomic mass is 10.0. The topological polar surface area (TPSA) is 57.6 Å². The van der Waals surface area contributed by atoms with Crippen LogP contribution in [0.2, 0.25) is 0 Å². The van der Waals surface area contributed by atoms with E-state index in [1.807, 2.05) is 6.08 Å². The third-order valence-electron chi connectivity index (χ3n) is 5.21. The van der Waals surface area contributed by atoms with E-state index in [0.29, 0.717) is 0 Å². The highest BCUT2D eigenvalue weighted by Crippen LogP contribution is 2.13. The Hall–Kier alpha value is -1.58. The monoisotopic (exact) mass is 407 g/mol. The number of allylic oxidation sites excluding steroid dienone is 3. The lowest BCUT2D eigenvalue weighted by Crippen LogP contribution is -2.30. The normalized spacial score (nSPS) is 11.5. The third kappa shape index (κ3) is 21.0. The minimum absolute atomic E-state index is 0.272. The molecule has 0 unspecified atom stereocenters. The second kappa shape index (κ2) is 21.1. The number of hydrogen-bond donors (Lipinski definition) is 1. The number of carboxylic acid groups (broad SMARTS) is 1. The molecule has 4 heteroatoms. The third-order valence-corrected chi connectivity index (χ3v) is 5.21. The molecule has 0 atom stereocenters. The number of carbonyl (C=O) groups is 2. The molecule has 0 saturated carbocycles. The maximum Gasteiger partial charge on any atom is 0.323 e. The fraction of sp³-hybridized carbons (Fsp3) is 0.760. The van der Waals surface area contributed by atoms with E-state index in [4.69, 9.17) is 5.11 Å². The van der Waals surface area contributed by atoms with E-state index < -0.39 is 5.97 Å². The lowest BCUT2D eigenvalue weighted by molar-refractivity contribution is -0.141. The summed E-state index contributed by atoms with van der Waals surface area (Å²) in [4.78, 5) is 23.3. The summed E-state index contributed by atoms with van der Waals surface area (Å²) in [5.74, 6) is -1.29. The highest BCUT2D eigenvalue weighted by atomic mass is 16.4. The van der Waals surface area contributed by atoms with Crippen LogP contribution in [0.5, 0.6) is 0 Å². The van der Waals surface area contributed by atoms with Crippen LogP contribution in [-0.4, -0.2) is 35.5 Å². The van der Waals surface area contributed by atoms with Gasteiger partial charge in [-0.2, -0.15) is 0 Å². The standard InChI is InChI=1S/C25H45NO3/c1-3-4-5-6-7-8-9-10-11-12-13-14-15-16-17-18-19-20-21-22-24(27)26(2)23-25(28)29/h19-22H,3-18,23H2,1-2H3,(H,28,29). The summed E-state index contributed by atoms with van der Waals surface area (Å²) in [7, 11) is 1.49. The summed E-state index contributed by atoms with van der Waals surface area (Å²) in [6, 6.07) is 0. The van der Waals surface area contributed by atoms with Gasteiger partial charge in [-0.05, 0) is 12.8 Å².